The van der Waals surface area contributed by atoms with Crippen molar-refractivity contribution < 1.29 is 19.1 Å². The van der Waals surface area contributed by atoms with Crippen molar-refractivity contribution in [3.63, 3.8) is 0 Å². The molecule has 2 rings (SSSR count). The molecular formula is C16H17Cl2N3O4. The summed E-state index contributed by atoms with van der Waals surface area (Å²) in [6.07, 6.45) is 0.851. The number of carbonyl (C=O) groups excluding carboxylic acids is 2. The molecule has 134 valence electrons. The monoisotopic (exact) mass is 385 g/mol. The first kappa shape index (κ1) is 19.0. The molecule has 0 aliphatic carbocycles. The van der Waals surface area contributed by atoms with Gasteiger partial charge in [-0.05, 0) is 30.7 Å². The lowest BCUT2D eigenvalue weighted by Crippen LogP contribution is -2.41. The molecule has 0 bridgehead atoms. The van der Waals surface area contributed by atoms with Gasteiger partial charge in [0.15, 0.2) is 11.5 Å². The molecule has 0 aliphatic rings. The molecule has 7 nitrogen and oxygen atoms in total. The zero-order valence-corrected chi connectivity index (χ0v) is 15.1. The summed E-state index contributed by atoms with van der Waals surface area (Å²) in [6.45, 7) is 2.53. The average Bonchev–Trinajstić information content (AvgIpc) is 2.96. The smallest absolute Gasteiger partial charge is 0.286 e. The summed E-state index contributed by atoms with van der Waals surface area (Å²) in [5.41, 5.74) is 4.98. The van der Waals surface area contributed by atoms with Gasteiger partial charge in [0, 0.05) is 5.56 Å². The fraction of sp³-hybridized carbons (Fsp3) is 0.250. The Morgan fingerprint density at radius 3 is 2.44 bits per heavy atom. The molecule has 3 N–H and O–H groups in total. The van der Waals surface area contributed by atoms with Crippen molar-refractivity contribution in [3.05, 3.63) is 45.7 Å². The van der Waals surface area contributed by atoms with Crippen LogP contribution in [0.15, 0.2) is 24.3 Å². The molecule has 1 heterocycles. The minimum absolute atomic E-state index is 0.121. The number of hydrazine groups is 1. The van der Waals surface area contributed by atoms with E-state index in [4.69, 9.17) is 32.7 Å². The van der Waals surface area contributed by atoms with E-state index in [1.54, 1.807) is 12.1 Å². The van der Waals surface area contributed by atoms with Crippen molar-refractivity contribution in [1.29, 1.82) is 0 Å². The van der Waals surface area contributed by atoms with E-state index in [2.05, 4.69) is 15.8 Å². The minimum Gasteiger partial charge on any atom is -0.493 e. The average molecular weight is 386 g/mol. The molecule has 0 saturated heterocycles. The van der Waals surface area contributed by atoms with Crippen LogP contribution in [-0.4, -0.2) is 30.5 Å². The second kappa shape index (κ2) is 8.64. The molecule has 1 aromatic carbocycles. The number of methoxy groups -OCH3 is 1. The number of hydrogen-bond donors (Lipinski definition) is 3. The maximum atomic E-state index is 12.2. The van der Waals surface area contributed by atoms with Crippen LogP contribution in [0.5, 0.6) is 11.5 Å². The number of hydrogen-bond acceptors (Lipinski definition) is 4. The summed E-state index contributed by atoms with van der Waals surface area (Å²) < 4.78 is 10.7. The Labute approximate surface area is 154 Å². The second-order valence-corrected chi connectivity index (χ2v) is 5.75. The van der Waals surface area contributed by atoms with Crippen molar-refractivity contribution in [2.24, 2.45) is 0 Å². The molecule has 0 saturated carbocycles. The van der Waals surface area contributed by atoms with Crippen molar-refractivity contribution in [3.8, 4) is 11.5 Å². The number of aromatic nitrogens is 1. The second-order valence-electron chi connectivity index (χ2n) is 4.97. The van der Waals surface area contributed by atoms with Gasteiger partial charge in [0.25, 0.3) is 11.8 Å². The van der Waals surface area contributed by atoms with Gasteiger partial charge in [-0.1, -0.05) is 30.1 Å². The van der Waals surface area contributed by atoms with Crippen molar-refractivity contribution >= 4 is 35.0 Å². The molecule has 25 heavy (non-hydrogen) atoms. The van der Waals surface area contributed by atoms with E-state index < -0.39 is 11.8 Å². The van der Waals surface area contributed by atoms with Crippen molar-refractivity contribution in [2.75, 3.05) is 13.7 Å². The van der Waals surface area contributed by atoms with E-state index in [0.29, 0.717) is 23.7 Å². The first-order valence-corrected chi connectivity index (χ1v) is 8.17. The summed E-state index contributed by atoms with van der Waals surface area (Å²) in [6, 6.07) is 6.08. The predicted octanol–water partition coefficient (Wildman–Crippen LogP) is 3.19. The number of benzene rings is 1. The number of amides is 2. The summed E-state index contributed by atoms with van der Waals surface area (Å²) in [7, 11) is 1.48. The van der Waals surface area contributed by atoms with Gasteiger partial charge in [-0.25, -0.2) is 0 Å². The number of aromatic amines is 1. The van der Waals surface area contributed by atoms with Crippen LogP contribution in [0.25, 0.3) is 0 Å². The van der Waals surface area contributed by atoms with Crippen LogP contribution < -0.4 is 20.3 Å². The summed E-state index contributed by atoms with van der Waals surface area (Å²) in [4.78, 5) is 26.7. The summed E-state index contributed by atoms with van der Waals surface area (Å²) >= 11 is 11.5. The van der Waals surface area contributed by atoms with E-state index in [-0.39, 0.29) is 15.9 Å². The highest BCUT2D eigenvalue weighted by atomic mass is 35.5. The highest BCUT2D eigenvalue weighted by Crippen LogP contribution is 2.28. The fourth-order valence-electron chi connectivity index (χ4n) is 1.92. The molecule has 1 aromatic heterocycles. The minimum atomic E-state index is -0.586. The van der Waals surface area contributed by atoms with Gasteiger partial charge in [-0.15, -0.1) is 0 Å². The van der Waals surface area contributed by atoms with Crippen LogP contribution in [0.4, 0.5) is 0 Å². The maximum Gasteiger partial charge on any atom is 0.286 e. The largest absolute Gasteiger partial charge is 0.493 e. The highest BCUT2D eigenvalue weighted by molar-refractivity contribution is 6.41. The zero-order valence-electron chi connectivity index (χ0n) is 13.6. The molecule has 2 amide bonds. The van der Waals surface area contributed by atoms with Gasteiger partial charge in [0.2, 0.25) is 0 Å². The Bertz CT molecular complexity index is 757. The lowest BCUT2D eigenvalue weighted by molar-refractivity contribution is 0.0844. The third kappa shape index (κ3) is 4.80. The molecule has 0 spiro atoms. The standard InChI is InChI=1S/C16H17Cl2N3O4/c1-3-6-25-12-5-4-9(7-13(12)24-2)15(22)20-21-16(23)11-8-10(17)14(18)19-11/h4-5,7-8,19H,3,6H2,1-2H3,(H,20,22)(H,21,23). The molecule has 0 radical (unpaired) electrons. The number of halogens is 2. The van der Waals surface area contributed by atoms with Crippen LogP contribution in [0.2, 0.25) is 10.2 Å². The first-order chi connectivity index (χ1) is 12.0. The Balaban J connectivity index is 2.01. The van der Waals surface area contributed by atoms with Crippen LogP contribution in [-0.2, 0) is 0 Å². The molecular weight excluding hydrogens is 369 g/mol. The van der Waals surface area contributed by atoms with Gasteiger partial charge in [0.05, 0.1) is 18.7 Å². The van der Waals surface area contributed by atoms with Crippen LogP contribution >= 0.6 is 23.2 Å². The van der Waals surface area contributed by atoms with E-state index in [0.717, 1.165) is 6.42 Å². The summed E-state index contributed by atoms with van der Waals surface area (Å²) in [5.74, 6) is -0.134. The van der Waals surface area contributed by atoms with Crippen LogP contribution in [0.1, 0.15) is 34.2 Å². The maximum absolute atomic E-state index is 12.2. The Morgan fingerprint density at radius 2 is 1.84 bits per heavy atom. The zero-order chi connectivity index (χ0) is 18.4. The van der Waals surface area contributed by atoms with E-state index in [1.165, 1.54) is 19.2 Å². The molecule has 2 aromatic rings. The van der Waals surface area contributed by atoms with Gasteiger partial charge in [-0.2, -0.15) is 0 Å². The Hall–Kier alpha value is -2.38. The number of H-pyrrole nitrogens is 1. The lowest BCUT2D eigenvalue weighted by atomic mass is 10.2. The summed E-state index contributed by atoms with van der Waals surface area (Å²) in [5, 5.41) is 0.357. The SMILES string of the molecule is CCCOc1ccc(C(=O)NNC(=O)c2cc(Cl)c(Cl)[nH]2)cc1OC. The quantitative estimate of drug-likeness (QED) is 0.665. The van der Waals surface area contributed by atoms with E-state index in [9.17, 15) is 9.59 Å². The first-order valence-electron chi connectivity index (χ1n) is 7.41. The number of nitrogens with one attached hydrogen (secondary N) is 3. The fourth-order valence-corrected chi connectivity index (χ4v) is 2.23. The molecule has 0 fully saturated rings. The van der Waals surface area contributed by atoms with Gasteiger partial charge < -0.3 is 14.5 Å². The van der Waals surface area contributed by atoms with Crippen LogP contribution in [0.3, 0.4) is 0 Å². The van der Waals surface area contributed by atoms with Crippen molar-refractivity contribution in [1.82, 2.24) is 15.8 Å². The van der Waals surface area contributed by atoms with Gasteiger partial charge in [0.1, 0.15) is 10.8 Å². The number of carbonyl (C=O) groups is 2. The predicted molar refractivity (Wildman–Crippen MR) is 94.5 cm³/mol. The van der Waals surface area contributed by atoms with Crippen molar-refractivity contribution in [2.45, 2.75) is 13.3 Å². The highest BCUT2D eigenvalue weighted by Gasteiger charge is 2.14. The third-order valence-electron chi connectivity index (χ3n) is 3.15. The van der Waals surface area contributed by atoms with E-state index >= 15 is 0 Å². The number of rotatable bonds is 6. The van der Waals surface area contributed by atoms with Crippen LogP contribution in [0, 0.1) is 0 Å². The molecule has 0 atom stereocenters. The van der Waals surface area contributed by atoms with Gasteiger partial charge >= 0.3 is 0 Å². The lowest BCUT2D eigenvalue weighted by Gasteiger charge is -2.12. The topological polar surface area (TPSA) is 92.5 Å². The molecule has 0 aliphatic heterocycles. The molecule has 0 unspecified atom stereocenters. The Morgan fingerprint density at radius 1 is 1.12 bits per heavy atom. The Kier molecular flexibility index (Phi) is 6.55. The van der Waals surface area contributed by atoms with Gasteiger partial charge in [-0.3, -0.25) is 20.4 Å². The normalized spacial score (nSPS) is 10.2. The molecule has 9 heteroatoms. The third-order valence-corrected chi connectivity index (χ3v) is 3.84. The van der Waals surface area contributed by atoms with E-state index in [1.807, 2.05) is 6.92 Å². The number of ether oxygens (including phenoxy) is 2.